The van der Waals surface area contributed by atoms with E-state index in [1.165, 1.54) is 0 Å². The van der Waals surface area contributed by atoms with Crippen LogP contribution in [-0.2, 0) is 9.59 Å². The van der Waals surface area contributed by atoms with Gasteiger partial charge in [-0.25, -0.2) is 4.98 Å². The molecular weight excluding hydrogens is 434 g/mol. The summed E-state index contributed by atoms with van der Waals surface area (Å²) in [4.78, 5) is 33.0. The highest BCUT2D eigenvalue weighted by atomic mass is 79.9. The standard InChI is InChI=1S/C21H26BrN5O2/c1-15-4-3-5-18(16(15)2)24-20(28)13-26-8-10-27(11-9-26)14-21(29)25-19-7-6-17(22)12-23-19/h3-7,12H,8-11,13-14H2,1-2H3,(H,24,28)(H,23,25,29). The van der Waals surface area contributed by atoms with Gasteiger partial charge in [-0.1, -0.05) is 12.1 Å². The van der Waals surface area contributed by atoms with Crippen molar-refractivity contribution >= 4 is 39.2 Å². The number of rotatable bonds is 6. The molecule has 0 unspecified atom stereocenters. The van der Waals surface area contributed by atoms with Crippen LogP contribution in [0.15, 0.2) is 41.0 Å². The lowest BCUT2D eigenvalue weighted by Crippen LogP contribution is -2.50. The lowest BCUT2D eigenvalue weighted by Gasteiger charge is -2.33. The van der Waals surface area contributed by atoms with Crippen LogP contribution in [0.4, 0.5) is 11.5 Å². The van der Waals surface area contributed by atoms with Gasteiger partial charge < -0.3 is 10.6 Å². The zero-order valence-electron chi connectivity index (χ0n) is 16.7. The summed E-state index contributed by atoms with van der Waals surface area (Å²) < 4.78 is 0.869. The average Bonchev–Trinajstić information content (AvgIpc) is 2.69. The molecule has 2 heterocycles. The van der Waals surface area contributed by atoms with Crippen molar-refractivity contribution in [2.45, 2.75) is 13.8 Å². The lowest BCUT2D eigenvalue weighted by atomic mass is 10.1. The smallest absolute Gasteiger partial charge is 0.239 e. The van der Waals surface area contributed by atoms with Crippen LogP contribution in [0.2, 0.25) is 0 Å². The number of carbonyl (C=O) groups is 2. The van der Waals surface area contributed by atoms with Crippen LogP contribution in [0.1, 0.15) is 11.1 Å². The zero-order chi connectivity index (χ0) is 20.8. The van der Waals surface area contributed by atoms with Crippen LogP contribution in [-0.4, -0.2) is 65.9 Å². The van der Waals surface area contributed by atoms with E-state index >= 15 is 0 Å². The topological polar surface area (TPSA) is 77.6 Å². The van der Waals surface area contributed by atoms with Crippen LogP contribution in [0, 0.1) is 13.8 Å². The largest absolute Gasteiger partial charge is 0.325 e. The van der Waals surface area contributed by atoms with Crippen molar-refractivity contribution in [3.8, 4) is 0 Å². The van der Waals surface area contributed by atoms with Gasteiger partial charge in [-0.3, -0.25) is 19.4 Å². The molecule has 0 saturated carbocycles. The third kappa shape index (κ3) is 6.35. The molecule has 7 nitrogen and oxygen atoms in total. The number of aryl methyl sites for hydroxylation is 1. The van der Waals surface area contributed by atoms with E-state index in [1.807, 2.05) is 38.1 Å². The van der Waals surface area contributed by atoms with Crippen molar-refractivity contribution in [2.75, 3.05) is 49.9 Å². The van der Waals surface area contributed by atoms with Gasteiger partial charge in [0.05, 0.1) is 13.1 Å². The number of benzene rings is 1. The number of carbonyl (C=O) groups excluding carboxylic acids is 2. The summed E-state index contributed by atoms with van der Waals surface area (Å²) >= 11 is 3.32. The molecule has 1 aromatic heterocycles. The first-order valence-corrected chi connectivity index (χ1v) is 10.4. The number of pyridine rings is 1. The summed E-state index contributed by atoms with van der Waals surface area (Å²) in [5.74, 6) is 0.451. The van der Waals surface area contributed by atoms with Crippen molar-refractivity contribution in [2.24, 2.45) is 0 Å². The fourth-order valence-electron chi connectivity index (χ4n) is 3.22. The Balaban J connectivity index is 1.40. The number of anilines is 2. The van der Waals surface area contributed by atoms with Gasteiger partial charge in [0.15, 0.2) is 0 Å². The molecule has 29 heavy (non-hydrogen) atoms. The molecule has 1 aromatic carbocycles. The minimum Gasteiger partial charge on any atom is -0.325 e. The van der Waals surface area contributed by atoms with Crippen molar-refractivity contribution in [1.29, 1.82) is 0 Å². The number of hydrogen-bond acceptors (Lipinski definition) is 5. The number of piperazine rings is 1. The molecule has 1 fully saturated rings. The molecule has 0 radical (unpaired) electrons. The second-order valence-electron chi connectivity index (χ2n) is 7.26. The predicted molar refractivity (Wildman–Crippen MR) is 118 cm³/mol. The summed E-state index contributed by atoms with van der Waals surface area (Å²) in [6.07, 6.45) is 1.65. The molecule has 1 aliphatic heterocycles. The Morgan fingerprint density at radius 1 is 0.966 bits per heavy atom. The summed E-state index contributed by atoms with van der Waals surface area (Å²) in [5.41, 5.74) is 3.12. The van der Waals surface area contributed by atoms with Gasteiger partial charge >= 0.3 is 0 Å². The Hall–Kier alpha value is -2.29. The van der Waals surface area contributed by atoms with E-state index < -0.39 is 0 Å². The lowest BCUT2D eigenvalue weighted by molar-refractivity contribution is -0.120. The quantitative estimate of drug-likeness (QED) is 0.693. The molecule has 2 N–H and O–H groups in total. The number of halogens is 1. The van der Waals surface area contributed by atoms with Crippen molar-refractivity contribution in [3.63, 3.8) is 0 Å². The third-order valence-electron chi connectivity index (χ3n) is 5.07. The number of aromatic nitrogens is 1. The first-order chi connectivity index (χ1) is 13.9. The van der Waals surface area contributed by atoms with Crippen LogP contribution in [0.25, 0.3) is 0 Å². The van der Waals surface area contributed by atoms with Crippen LogP contribution >= 0.6 is 15.9 Å². The van der Waals surface area contributed by atoms with Gasteiger partial charge in [0.1, 0.15) is 5.82 Å². The highest BCUT2D eigenvalue weighted by Crippen LogP contribution is 2.18. The maximum Gasteiger partial charge on any atom is 0.239 e. The van der Waals surface area contributed by atoms with Gasteiger partial charge in [-0.15, -0.1) is 0 Å². The number of hydrogen-bond donors (Lipinski definition) is 2. The van der Waals surface area contributed by atoms with E-state index in [4.69, 9.17) is 0 Å². The van der Waals surface area contributed by atoms with E-state index in [2.05, 4.69) is 41.3 Å². The van der Waals surface area contributed by atoms with Crippen LogP contribution < -0.4 is 10.6 Å². The summed E-state index contributed by atoms with van der Waals surface area (Å²) in [6.45, 7) is 7.73. The molecule has 2 amide bonds. The summed E-state index contributed by atoms with van der Waals surface area (Å²) in [5, 5.41) is 5.81. The Morgan fingerprint density at radius 3 is 2.17 bits per heavy atom. The minimum atomic E-state index is -0.0825. The predicted octanol–water partition coefficient (Wildman–Crippen LogP) is 2.66. The fraction of sp³-hybridized carbons (Fsp3) is 0.381. The van der Waals surface area contributed by atoms with E-state index in [-0.39, 0.29) is 11.8 Å². The van der Waals surface area contributed by atoms with E-state index in [0.29, 0.717) is 18.9 Å². The van der Waals surface area contributed by atoms with Crippen molar-refractivity contribution < 1.29 is 9.59 Å². The molecule has 154 valence electrons. The van der Waals surface area contributed by atoms with Crippen LogP contribution in [0.3, 0.4) is 0 Å². The molecule has 2 aromatic rings. The third-order valence-corrected chi connectivity index (χ3v) is 5.54. The van der Waals surface area contributed by atoms with Gasteiger partial charge in [-0.05, 0) is 59.1 Å². The van der Waals surface area contributed by atoms with Crippen molar-refractivity contribution in [1.82, 2.24) is 14.8 Å². The first-order valence-electron chi connectivity index (χ1n) is 9.63. The minimum absolute atomic E-state index is 0.00814. The Labute approximate surface area is 179 Å². The number of nitrogens with zero attached hydrogens (tertiary/aromatic N) is 3. The molecule has 3 rings (SSSR count). The Bertz CT molecular complexity index is 864. The Morgan fingerprint density at radius 2 is 1.59 bits per heavy atom. The zero-order valence-corrected chi connectivity index (χ0v) is 18.3. The molecule has 0 aliphatic carbocycles. The van der Waals surface area contributed by atoms with Crippen molar-refractivity contribution in [3.05, 3.63) is 52.1 Å². The summed E-state index contributed by atoms with van der Waals surface area (Å²) in [6, 6.07) is 9.51. The maximum atomic E-state index is 12.4. The van der Waals surface area contributed by atoms with Gasteiger partial charge in [0.25, 0.3) is 0 Å². The highest BCUT2D eigenvalue weighted by Gasteiger charge is 2.21. The Kier molecular flexibility index (Phi) is 7.35. The fourth-order valence-corrected chi connectivity index (χ4v) is 3.45. The second-order valence-corrected chi connectivity index (χ2v) is 8.17. The molecule has 1 saturated heterocycles. The molecule has 8 heteroatoms. The summed E-state index contributed by atoms with van der Waals surface area (Å²) in [7, 11) is 0. The first kappa shape index (κ1) is 21.4. The van der Waals surface area contributed by atoms with E-state index in [0.717, 1.165) is 47.5 Å². The highest BCUT2D eigenvalue weighted by molar-refractivity contribution is 9.10. The van der Waals surface area contributed by atoms with E-state index in [1.54, 1.807) is 12.3 Å². The molecule has 0 bridgehead atoms. The number of nitrogens with one attached hydrogen (secondary N) is 2. The SMILES string of the molecule is Cc1cccc(NC(=O)CN2CCN(CC(=O)Nc3ccc(Br)cn3)CC2)c1C. The van der Waals surface area contributed by atoms with Gasteiger partial charge in [0.2, 0.25) is 11.8 Å². The maximum absolute atomic E-state index is 12.4. The second kappa shape index (κ2) is 9.96. The molecular formula is C21H26BrN5O2. The van der Waals surface area contributed by atoms with Gasteiger partial charge in [0, 0.05) is 42.5 Å². The van der Waals surface area contributed by atoms with Crippen LogP contribution in [0.5, 0.6) is 0 Å². The average molecular weight is 460 g/mol. The van der Waals surface area contributed by atoms with E-state index in [9.17, 15) is 9.59 Å². The monoisotopic (exact) mass is 459 g/mol. The molecule has 1 aliphatic rings. The normalized spacial score (nSPS) is 15.1. The molecule has 0 atom stereocenters. The molecule has 0 spiro atoms. The van der Waals surface area contributed by atoms with Gasteiger partial charge in [-0.2, -0.15) is 0 Å². The number of amides is 2.